The van der Waals surface area contributed by atoms with Crippen molar-refractivity contribution < 1.29 is 4.79 Å². The average molecular weight is 253 g/mol. The number of rotatable bonds is 7. The van der Waals surface area contributed by atoms with Crippen LogP contribution in [0.3, 0.4) is 0 Å². The van der Waals surface area contributed by atoms with Crippen LogP contribution in [-0.4, -0.2) is 46.8 Å². The van der Waals surface area contributed by atoms with E-state index in [-0.39, 0.29) is 12.5 Å². The Bertz CT molecular complexity index is 376. The van der Waals surface area contributed by atoms with E-state index in [9.17, 15) is 4.79 Å². The van der Waals surface area contributed by atoms with Crippen molar-refractivity contribution in [3.63, 3.8) is 0 Å². The van der Waals surface area contributed by atoms with Gasteiger partial charge >= 0.3 is 0 Å². The van der Waals surface area contributed by atoms with Crippen molar-refractivity contribution in [3.05, 3.63) is 12.3 Å². The van der Waals surface area contributed by atoms with Gasteiger partial charge in [-0.05, 0) is 26.5 Å². The van der Waals surface area contributed by atoms with Crippen LogP contribution in [-0.2, 0) is 11.3 Å². The quantitative estimate of drug-likeness (QED) is 0.733. The Hall–Kier alpha value is -1.56. The number of nitrogens with one attached hydrogen (secondary N) is 1. The smallest absolute Gasteiger partial charge is 0.241 e. The first-order valence-corrected chi connectivity index (χ1v) is 6.28. The normalized spacial score (nSPS) is 12.7. The molecule has 1 atom stereocenters. The Kier molecular flexibility index (Phi) is 5.64. The van der Waals surface area contributed by atoms with Gasteiger partial charge in [0.2, 0.25) is 5.91 Å². The average Bonchev–Trinajstić information content (AvgIpc) is 2.73. The molecule has 6 heteroatoms. The highest BCUT2D eigenvalue weighted by molar-refractivity contribution is 5.75. The molecule has 0 aromatic carbocycles. The molecule has 0 saturated carbocycles. The number of likely N-dealkylation sites (N-methyl/N-ethyl adjacent to an activating group) is 1. The molecule has 0 bridgehead atoms. The van der Waals surface area contributed by atoms with Gasteiger partial charge in [0.05, 0.1) is 0 Å². The monoisotopic (exact) mass is 253 g/mol. The standard InChI is InChI=1S/C12H23N5O/c1-4-10(2)16(3)8-6-14-12(18)9-17-7-5-11(13)15-17/h5,7,10H,4,6,8-9H2,1-3H3,(H2,13,15)(H,14,18). The predicted molar refractivity (Wildman–Crippen MR) is 72.0 cm³/mol. The Balaban J connectivity index is 2.21. The number of hydrogen-bond donors (Lipinski definition) is 2. The van der Waals surface area contributed by atoms with Gasteiger partial charge in [0.15, 0.2) is 0 Å². The van der Waals surface area contributed by atoms with Crippen molar-refractivity contribution in [2.24, 2.45) is 0 Å². The van der Waals surface area contributed by atoms with E-state index < -0.39 is 0 Å². The molecule has 1 rings (SSSR count). The maximum Gasteiger partial charge on any atom is 0.241 e. The molecule has 0 fully saturated rings. The second-order valence-corrected chi connectivity index (χ2v) is 4.53. The number of hydrogen-bond acceptors (Lipinski definition) is 4. The van der Waals surface area contributed by atoms with Crippen LogP contribution in [0.15, 0.2) is 12.3 Å². The number of amides is 1. The van der Waals surface area contributed by atoms with Gasteiger partial charge in [-0.3, -0.25) is 9.48 Å². The number of anilines is 1. The van der Waals surface area contributed by atoms with E-state index in [0.29, 0.717) is 18.4 Å². The predicted octanol–water partition coefficient (Wildman–Crippen LogP) is 0.312. The van der Waals surface area contributed by atoms with Gasteiger partial charge in [-0.25, -0.2) is 0 Å². The van der Waals surface area contributed by atoms with Gasteiger partial charge in [0.1, 0.15) is 12.4 Å². The molecule has 18 heavy (non-hydrogen) atoms. The maximum atomic E-state index is 11.6. The van der Waals surface area contributed by atoms with Crippen LogP contribution >= 0.6 is 0 Å². The SMILES string of the molecule is CCC(C)N(C)CCNC(=O)Cn1ccc(N)n1. The van der Waals surface area contributed by atoms with Crippen molar-refractivity contribution in [2.75, 3.05) is 25.9 Å². The summed E-state index contributed by atoms with van der Waals surface area (Å²) in [6.07, 6.45) is 2.80. The number of carbonyl (C=O) groups is 1. The van der Waals surface area contributed by atoms with Gasteiger partial charge in [-0.1, -0.05) is 6.92 Å². The highest BCUT2D eigenvalue weighted by Gasteiger charge is 2.07. The third-order valence-electron chi connectivity index (χ3n) is 3.10. The highest BCUT2D eigenvalue weighted by Crippen LogP contribution is 1.98. The summed E-state index contributed by atoms with van der Waals surface area (Å²) in [6, 6.07) is 2.21. The Morgan fingerprint density at radius 2 is 2.39 bits per heavy atom. The first kappa shape index (κ1) is 14.5. The zero-order chi connectivity index (χ0) is 13.5. The van der Waals surface area contributed by atoms with E-state index in [1.54, 1.807) is 12.3 Å². The molecule has 0 aliphatic heterocycles. The molecule has 1 aromatic heterocycles. The van der Waals surface area contributed by atoms with Crippen LogP contribution < -0.4 is 11.1 Å². The highest BCUT2D eigenvalue weighted by atomic mass is 16.2. The molecule has 0 saturated heterocycles. The van der Waals surface area contributed by atoms with Gasteiger partial charge < -0.3 is 16.0 Å². The lowest BCUT2D eigenvalue weighted by atomic mass is 10.2. The summed E-state index contributed by atoms with van der Waals surface area (Å²) >= 11 is 0. The largest absolute Gasteiger partial charge is 0.382 e. The number of carbonyl (C=O) groups excluding carboxylic acids is 1. The molecule has 6 nitrogen and oxygen atoms in total. The first-order chi connectivity index (χ1) is 8.52. The van der Waals surface area contributed by atoms with E-state index in [4.69, 9.17) is 5.73 Å². The Morgan fingerprint density at radius 3 is 2.94 bits per heavy atom. The van der Waals surface area contributed by atoms with E-state index in [1.165, 1.54) is 4.68 Å². The molecule has 1 aromatic rings. The molecule has 102 valence electrons. The lowest BCUT2D eigenvalue weighted by Crippen LogP contribution is -2.38. The molecule has 1 unspecified atom stereocenters. The van der Waals surface area contributed by atoms with Crippen molar-refractivity contribution in [1.29, 1.82) is 0 Å². The summed E-state index contributed by atoms with van der Waals surface area (Å²) in [5.74, 6) is 0.384. The zero-order valence-electron chi connectivity index (χ0n) is 11.4. The van der Waals surface area contributed by atoms with Crippen molar-refractivity contribution >= 4 is 11.7 Å². The second-order valence-electron chi connectivity index (χ2n) is 4.53. The minimum atomic E-state index is -0.0457. The number of nitrogens with zero attached hydrogens (tertiary/aromatic N) is 3. The van der Waals surface area contributed by atoms with Gasteiger partial charge in [-0.2, -0.15) is 5.10 Å². The minimum Gasteiger partial charge on any atom is -0.382 e. The molecule has 0 radical (unpaired) electrons. The van der Waals surface area contributed by atoms with Crippen molar-refractivity contribution in [1.82, 2.24) is 20.0 Å². The minimum absolute atomic E-state index is 0.0457. The van der Waals surface area contributed by atoms with Gasteiger partial charge in [-0.15, -0.1) is 0 Å². The Labute approximate surface area is 108 Å². The summed E-state index contributed by atoms with van der Waals surface area (Å²) < 4.78 is 1.53. The van der Waals surface area contributed by atoms with Crippen LogP contribution in [0.1, 0.15) is 20.3 Å². The lowest BCUT2D eigenvalue weighted by molar-refractivity contribution is -0.121. The van der Waals surface area contributed by atoms with Crippen LogP contribution in [0.5, 0.6) is 0 Å². The molecular formula is C12H23N5O. The van der Waals surface area contributed by atoms with E-state index in [2.05, 4.69) is 36.2 Å². The Morgan fingerprint density at radius 1 is 1.67 bits per heavy atom. The lowest BCUT2D eigenvalue weighted by Gasteiger charge is -2.23. The molecular weight excluding hydrogens is 230 g/mol. The molecule has 0 spiro atoms. The molecule has 0 aliphatic carbocycles. The molecule has 3 N–H and O–H groups in total. The fraction of sp³-hybridized carbons (Fsp3) is 0.667. The summed E-state index contributed by atoms with van der Waals surface area (Å²) in [6.45, 7) is 6.04. The second kappa shape index (κ2) is 7.00. The summed E-state index contributed by atoms with van der Waals surface area (Å²) in [5, 5.41) is 6.83. The van der Waals surface area contributed by atoms with Crippen LogP contribution in [0, 0.1) is 0 Å². The summed E-state index contributed by atoms with van der Waals surface area (Å²) in [7, 11) is 2.06. The molecule has 1 heterocycles. The summed E-state index contributed by atoms with van der Waals surface area (Å²) in [5.41, 5.74) is 5.47. The van der Waals surface area contributed by atoms with E-state index >= 15 is 0 Å². The zero-order valence-corrected chi connectivity index (χ0v) is 11.4. The fourth-order valence-corrected chi connectivity index (χ4v) is 1.57. The molecule has 0 aliphatic rings. The van der Waals surface area contributed by atoms with E-state index in [1.807, 2.05) is 0 Å². The number of nitrogens with two attached hydrogens (primary N) is 1. The third-order valence-corrected chi connectivity index (χ3v) is 3.10. The first-order valence-electron chi connectivity index (χ1n) is 6.28. The fourth-order valence-electron chi connectivity index (χ4n) is 1.57. The van der Waals surface area contributed by atoms with E-state index in [0.717, 1.165) is 13.0 Å². The maximum absolute atomic E-state index is 11.6. The topological polar surface area (TPSA) is 76.2 Å². The number of aromatic nitrogens is 2. The van der Waals surface area contributed by atoms with Crippen LogP contribution in [0.4, 0.5) is 5.82 Å². The van der Waals surface area contributed by atoms with Gasteiger partial charge in [0.25, 0.3) is 0 Å². The van der Waals surface area contributed by atoms with Crippen molar-refractivity contribution in [3.8, 4) is 0 Å². The summed E-state index contributed by atoms with van der Waals surface area (Å²) in [4.78, 5) is 13.8. The molecule has 1 amide bonds. The van der Waals surface area contributed by atoms with Crippen LogP contribution in [0.25, 0.3) is 0 Å². The third kappa shape index (κ3) is 4.75. The van der Waals surface area contributed by atoms with Gasteiger partial charge in [0, 0.05) is 25.3 Å². The number of nitrogen functional groups attached to an aromatic ring is 1. The van der Waals surface area contributed by atoms with Crippen LogP contribution in [0.2, 0.25) is 0 Å². The van der Waals surface area contributed by atoms with Crippen molar-refractivity contribution in [2.45, 2.75) is 32.9 Å².